The zero-order valence-electron chi connectivity index (χ0n) is 11.9. The van der Waals surface area contributed by atoms with Crippen LogP contribution in [0.5, 0.6) is 0 Å². The number of thioether (sulfide) groups is 1. The van der Waals surface area contributed by atoms with Gasteiger partial charge in [0.05, 0.1) is 5.69 Å². The number of nitrogens with zero attached hydrogens (tertiary/aromatic N) is 2. The maximum Gasteiger partial charge on any atom is 0.326 e. The number of fused-ring (bicyclic) bond motifs is 1. The van der Waals surface area contributed by atoms with Gasteiger partial charge < -0.3 is 10.4 Å². The molecule has 1 amide bonds. The lowest BCUT2D eigenvalue weighted by molar-refractivity contribution is -0.139. The van der Waals surface area contributed by atoms with Crippen LogP contribution in [-0.4, -0.2) is 44.4 Å². The topological polar surface area (TPSA) is 83.7 Å². The predicted octanol–water partition coefficient (Wildman–Crippen LogP) is 1.58. The van der Waals surface area contributed by atoms with Crippen LogP contribution in [0.2, 0.25) is 0 Å². The van der Waals surface area contributed by atoms with Crippen molar-refractivity contribution in [1.29, 1.82) is 0 Å². The smallest absolute Gasteiger partial charge is 0.326 e. The van der Waals surface area contributed by atoms with Gasteiger partial charge in [0.15, 0.2) is 0 Å². The number of pyridine rings is 1. The summed E-state index contributed by atoms with van der Waals surface area (Å²) in [4.78, 5) is 27.9. The first-order valence-electron chi connectivity index (χ1n) is 6.51. The number of hydrogen-bond donors (Lipinski definition) is 2. The molecule has 0 bridgehead atoms. The van der Waals surface area contributed by atoms with Crippen molar-refractivity contribution in [2.24, 2.45) is 0 Å². The SMILES string of the molecule is CSCCC(NC(=O)c1c(C)nc2ccccn12)C(=O)O. The Hall–Kier alpha value is -2.02. The fourth-order valence-electron chi connectivity index (χ4n) is 2.11. The number of carbonyl (C=O) groups is 2. The molecule has 0 aliphatic rings. The molecule has 21 heavy (non-hydrogen) atoms. The highest BCUT2D eigenvalue weighted by atomic mass is 32.2. The van der Waals surface area contributed by atoms with Crippen LogP contribution >= 0.6 is 11.8 Å². The first-order chi connectivity index (χ1) is 10.0. The molecule has 112 valence electrons. The molecule has 2 rings (SSSR count). The van der Waals surface area contributed by atoms with E-state index >= 15 is 0 Å². The van der Waals surface area contributed by atoms with E-state index in [1.165, 1.54) is 0 Å². The van der Waals surface area contributed by atoms with Crippen LogP contribution in [0.15, 0.2) is 24.4 Å². The maximum absolute atomic E-state index is 12.4. The summed E-state index contributed by atoms with van der Waals surface area (Å²) in [5.41, 5.74) is 1.62. The van der Waals surface area contributed by atoms with Crippen LogP contribution in [-0.2, 0) is 4.79 Å². The number of amides is 1. The van der Waals surface area contributed by atoms with Crippen LogP contribution in [0.25, 0.3) is 5.65 Å². The van der Waals surface area contributed by atoms with Crippen LogP contribution in [0, 0.1) is 6.92 Å². The van der Waals surface area contributed by atoms with Crippen molar-refractivity contribution in [3.63, 3.8) is 0 Å². The number of rotatable bonds is 6. The molecule has 1 atom stereocenters. The Morgan fingerprint density at radius 3 is 2.90 bits per heavy atom. The van der Waals surface area contributed by atoms with Gasteiger partial charge in [0.1, 0.15) is 17.4 Å². The van der Waals surface area contributed by atoms with Crippen LogP contribution in [0.1, 0.15) is 22.6 Å². The van der Waals surface area contributed by atoms with Gasteiger partial charge in [0.2, 0.25) is 0 Å². The van der Waals surface area contributed by atoms with Gasteiger partial charge in [0, 0.05) is 6.20 Å². The Bertz CT molecular complexity index is 669. The average molecular weight is 307 g/mol. The number of aromatic nitrogens is 2. The maximum atomic E-state index is 12.4. The van der Waals surface area contributed by atoms with Gasteiger partial charge in [-0.1, -0.05) is 6.07 Å². The van der Waals surface area contributed by atoms with E-state index in [9.17, 15) is 14.7 Å². The molecule has 2 N–H and O–H groups in total. The van der Waals surface area contributed by atoms with E-state index in [0.717, 1.165) is 0 Å². The lowest BCUT2D eigenvalue weighted by Crippen LogP contribution is -2.41. The number of imidazole rings is 1. The van der Waals surface area contributed by atoms with Gasteiger partial charge in [-0.2, -0.15) is 11.8 Å². The van der Waals surface area contributed by atoms with E-state index in [0.29, 0.717) is 29.2 Å². The second-order valence-corrected chi connectivity index (χ2v) is 5.61. The lowest BCUT2D eigenvalue weighted by atomic mass is 10.2. The summed E-state index contributed by atoms with van der Waals surface area (Å²) in [6.07, 6.45) is 4.02. The second-order valence-electron chi connectivity index (χ2n) is 4.62. The van der Waals surface area contributed by atoms with Gasteiger partial charge in [-0.25, -0.2) is 9.78 Å². The number of carboxylic acids is 1. The van der Waals surface area contributed by atoms with Crippen LogP contribution in [0.3, 0.4) is 0 Å². The van der Waals surface area contributed by atoms with Gasteiger partial charge in [-0.05, 0) is 37.5 Å². The number of aliphatic carboxylic acids is 1. The number of nitrogens with one attached hydrogen (secondary N) is 1. The molecule has 0 radical (unpaired) electrons. The first kappa shape index (κ1) is 15.4. The Morgan fingerprint density at radius 1 is 1.48 bits per heavy atom. The van der Waals surface area contributed by atoms with Gasteiger partial charge in [0.25, 0.3) is 5.91 Å². The fraction of sp³-hybridized carbons (Fsp3) is 0.357. The summed E-state index contributed by atoms with van der Waals surface area (Å²) in [6.45, 7) is 1.74. The molecule has 7 heteroatoms. The molecule has 2 aromatic rings. The van der Waals surface area contributed by atoms with E-state index < -0.39 is 17.9 Å². The van der Waals surface area contributed by atoms with Crippen molar-refractivity contribution in [2.75, 3.05) is 12.0 Å². The molecular formula is C14H17N3O3S. The van der Waals surface area contributed by atoms with E-state index in [4.69, 9.17) is 0 Å². The van der Waals surface area contributed by atoms with Crippen LogP contribution in [0.4, 0.5) is 0 Å². The summed E-state index contributed by atoms with van der Waals surface area (Å²) in [5, 5.41) is 11.8. The quantitative estimate of drug-likeness (QED) is 0.846. The summed E-state index contributed by atoms with van der Waals surface area (Å²) >= 11 is 1.55. The number of aryl methyl sites for hydroxylation is 1. The molecule has 1 unspecified atom stereocenters. The largest absolute Gasteiger partial charge is 0.480 e. The Kier molecular flexibility index (Phi) is 4.85. The zero-order chi connectivity index (χ0) is 15.4. The number of hydrogen-bond acceptors (Lipinski definition) is 4. The van der Waals surface area contributed by atoms with Crippen molar-refractivity contribution in [1.82, 2.24) is 14.7 Å². The van der Waals surface area contributed by atoms with E-state index in [1.807, 2.05) is 12.3 Å². The van der Waals surface area contributed by atoms with E-state index in [1.54, 1.807) is 41.4 Å². The third-order valence-electron chi connectivity index (χ3n) is 3.13. The van der Waals surface area contributed by atoms with Crippen molar-refractivity contribution in [3.05, 3.63) is 35.8 Å². The van der Waals surface area contributed by atoms with Crippen molar-refractivity contribution in [3.8, 4) is 0 Å². The first-order valence-corrected chi connectivity index (χ1v) is 7.90. The summed E-state index contributed by atoms with van der Waals surface area (Å²) < 4.78 is 1.66. The van der Waals surface area contributed by atoms with Gasteiger partial charge >= 0.3 is 5.97 Å². The molecule has 0 aromatic carbocycles. The highest BCUT2D eigenvalue weighted by Crippen LogP contribution is 2.12. The molecular weight excluding hydrogens is 290 g/mol. The standard InChI is InChI=1S/C14H17N3O3S/c1-9-12(17-7-4-3-5-11(17)15-9)13(18)16-10(14(19)20)6-8-21-2/h3-5,7,10H,6,8H2,1-2H3,(H,16,18)(H,19,20). The normalized spacial score (nSPS) is 12.3. The Morgan fingerprint density at radius 2 is 2.24 bits per heavy atom. The molecule has 0 fully saturated rings. The highest BCUT2D eigenvalue weighted by Gasteiger charge is 2.23. The predicted molar refractivity (Wildman–Crippen MR) is 81.8 cm³/mol. The minimum Gasteiger partial charge on any atom is -0.480 e. The minimum atomic E-state index is -1.02. The molecule has 2 aromatic heterocycles. The Labute approximate surface area is 126 Å². The van der Waals surface area contributed by atoms with Crippen molar-refractivity contribution in [2.45, 2.75) is 19.4 Å². The summed E-state index contributed by atoms with van der Waals surface area (Å²) in [7, 11) is 0. The molecule has 6 nitrogen and oxygen atoms in total. The van der Waals surface area contributed by atoms with Gasteiger partial charge in [-0.3, -0.25) is 9.20 Å². The Balaban J connectivity index is 2.25. The molecule has 0 saturated heterocycles. The molecule has 0 aliphatic heterocycles. The molecule has 0 spiro atoms. The number of carboxylic acid groups (broad SMARTS) is 1. The second kappa shape index (κ2) is 6.62. The third-order valence-corrected chi connectivity index (χ3v) is 3.78. The minimum absolute atomic E-state index is 0.376. The van der Waals surface area contributed by atoms with E-state index in [2.05, 4.69) is 10.3 Å². The molecule has 0 aliphatic carbocycles. The van der Waals surface area contributed by atoms with Crippen LogP contribution < -0.4 is 5.32 Å². The van der Waals surface area contributed by atoms with E-state index in [-0.39, 0.29) is 0 Å². The average Bonchev–Trinajstić information content (AvgIpc) is 2.78. The van der Waals surface area contributed by atoms with Crippen molar-refractivity contribution >= 4 is 29.3 Å². The highest BCUT2D eigenvalue weighted by molar-refractivity contribution is 7.98. The number of carbonyl (C=O) groups excluding carboxylic acids is 1. The summed E-state index contributed by atoms with van der Waals surface area (Å²) in [6, 6.07) is 4.54. The molecule has 0 saturated carbocycles. The zero-order valence-corrected chi connectivity index (χ0v) is 12.7. The lowest BCUT2D eigenvalue weighted by Gasteiger charge is -2.14. The molecule has 2 heterocycles. The van der Waals surface area contributed by atoms with Crippen molar-refractivity contribution < 1.29 is 14.7 Å². The monoisotopic (exact) mass is 307 g/mol. The summed E-state index contributed by atoms with van der Waals surface area (Å²) in [5.74, 6) is -0.771. The third kappa shape index (κ3) is 3.36. The fourth-order valence-corrected chi connectivity index (χ4v) is 2.58. The van der Waals surface area contributed by atoms with Gasteiger partial charge in [-0.15, -0.1) is 0 Å².